The molecular formula is C17H25FN2O. The lowest BCUT2D eigenvalue weighted by atomic mass is 10.0. The number of aromatic hydroxyl groups is 1. The highest BCUT2D eigenvalue weighted by Crippen LogP contribution is 2.31. The van der Waals surface area contributed by atoms with E-state index in [1.165, 1.54) is 37.8 Å². The molecule has 0 amide bonds. The number of phenolic OH excluding ortho intramolecular Hbond substituents is 1. The molecule has 0 aromatic heterocycles. The molecule has 1 saturated heterocycles. The number of nitrogens with zero attached hydrogens (tertiary/aromatic N) is 2. The Kier molecular flexibility index (Phi) is 4.45. The molecule has 21 heavy (non-hydrogen) atoms. The minimum absolute atomic E-state index is 0.0701. The van der Waals surface area contributed by atoms with Gasteiger partial charge in [0.25, 0.3) is 0 Å². The highest BCUT2D eigenvalue weighted by Gasteiger charge is 2.28. The summed E-state index contributed by atoms with van der Waals surface area (Å²) < 4.78 is 13.1. The summed E-state index contributed by atoms with van der Waals surface area (Å²) in [5, 5.41) is 9.94. The summed E-state index contributed by atoms with van der Waals surface area (Å²) in [6, 6.07) is 5.28. The molecule has 4 heteroatoms. The average Bonchev–Trinajstić information content (AvgIpc) is 3.01. The predicted molar refractivity (Wildman–Crippen MR) is 81.9 cm³/mol. The van der Waals surface area contributed by atoms with Crippen molar-refractivity contribution in [3.63, 3.8) is 0 Å². The molecule has 1 saturated carbocycles. The van der Waals surface area contributed by atoms with E-state index in [1.54, 1.807) is 6.07 Å². The van der Waals surface area contributed by atoms with Crippen molar-refractivity contribution in [3.8, 4) is 5.75 Å². The number of benzene rings is 1. The largest absolute Gasteiger partial charge is 0.508 e. The third-order valence-corrected chi connectivity index (χ3v) is 5.18. The van der Waals surface area contributed by atoms with Crippen LogP contribution in [0.3, 0.4) is 0 Å². The monoisotopic (exact) mass is 292 g/mol. The normalized spacial score (nSPS) is 23.5. The van der Waals surface area contributed by atoms with Crippen LogP contribution in [0.25, 0.3) is 0 Å². The lowest BCUT2D eigenvalue weighted by Crippen LogP contribution is -2.50. The fraction of sp³-hybridized carbons (Fsp3) is 0.647. The first-order valence-corrected chi connectivity index (χ1v) is 8.11. The molecule has 116 valence electrons. The quantitative estimate of drug-likeness (QED) is 0.927. The van der Waals surface area contributed by atoms with Crippen LogP contribution >= 0.6 is 0 Å². The molecule has 1 aromatic carbocycles. The van der Waals surface area contributed by atoms with Crippen LogP contribution in [0.15, 0.2) is 18.2 Å². The number of rotatable bonds is 3. The van der Waals surface area contributed by atoms with Gasteiger partial charge in [-0.25, -0.2) is 4.39 Å². The highest BCUT2D eigenvalue weighted by atomic mass is 19.1. The Morgan fingerprint density at radius 2 is 1.81 bits per heavy atom. The fourth-order valence-corrected chi connectivity index (χ4v) is 3.83. The maximum Gasteiger partial charge on any atom is 0.126 e. The van der Waals surface area contributed by atoms with Crippen molar-refractivity contribution < 1.29 is 9.50 Å². The number of piperazine rings is 1. The van der Waals surface area contributed by atoms with Crippen LogP contribution in [0.2, 0.25) is 0 Å². The minimum Gasteiger partial charge on any atom is -0.508 e. The second kappa shape index (κ2) is 6.32. The van der Waals surface area contributed by atoms with Gasteiger partial charge in [-0.05, 0) is 25.8 Å². The Hall–Kier alpha value is -1.13. The second-order valence-electron chi connectivity index (χ2n) is 6.39. The van der Waals surface area contributed by atoms with Crippen molar-refractivity contribution in [1.29, 1.82) is 0 Å². The van der Waals surface area contributed by atoms with Gasteiger partial charge in [-0.1, -0.05) is 18.9 Å². The first-order chi connectivity index (χ1) is 10.1. The smallest absolute Gasteiger partial charge is 0.126 e. The minimum atomic E-state index is -0.380. The molecule has 3 nitrogen and oxygen atoms in total. The Morgan fingerprint density at radius 3 is 2.43 bits per heavy atom. The third-order valence-electron chi connectivity index (χ3n) is 5.18. The Labute approximate surface area is 126 Å². The highest BCUT2D eigenvalue weighted by molar-refractivity contribution is 5.35. The molecule has 1 aromatic rings. The molecule has 1 unspecified atom stereocenters. The maximum absolute atomic E-state index is 13.1. The van der Waals surface area contributed by atoms with Crippen LogP contribution in [0, 0.1) is 5.82 Å². The fourth-order valence-electron chi connectivity index (χ4n) is 3.83. The molecule has 1 aliphatic carbocycles. The molecule has 1 atom stereocenters. The Bertz CT molecular complexity index is 480. The van der Waals surface area contributed by atoms with E-state index in [0.717, 1.165) is 37.8 Å². The second-order valence-corrected chi connectivity index (χ2v) is 6.39. The molecule has 1 heterocycles. The first-order valence-electron chi connectivity index (χ1n) is 8.11. The first kappa shape index (κ1) is 14.8. The van der Waals surface area contributed by atoms with Gasteiger partial charge >= 0.3 is 0 Å². The molecule has 0 radical (unpaired) electrons. The molecule has 0 spiro atoms. The van der Waals surface area contributed by atoms with E-state index >= 15 is 0 Å². The number of phenols is 1. The van der Waals surface area contributed by atoms with Crippen molar-refractivity contribution in [2.45, 2.75) is 44.7 Å². The van der Waals surface area contributed by atoms with Gasteiger partial charge in [0.15, 0.2) is 0 Å². The lowest BCUT2D eigenvalue weighted by Gasteiger charge is -2.40. The standard InChI is InChI=1S/C17H25FN2O/c1-13(16-7-6-14(18)12-17(16)21)19-8-10-20(11-9-19)15-4-2-3-5-15/h6-7,12-13,15,21H,2-5,8-11H2,1H3. The van der Waals surface area contributed by atoms with Gasteiger partial charge in [0.1, 0.15) is 11.6 Å². The molecule has 1 aliphatic heterocycles. The average molecular weight is 292 g/mol. The number of halogens is 1. The van der Waals surface area contributed by atoms with E-state index < -0.39 is 0 Å². The van der Waals surface area contributed by atoms with Gasteiger partial charge in [-0.15, -0.1) is 0 Å². The van der Waals surface area contributed by atoms with Crippen molar-refractivity contribution in [3.05, 3.63) is 29.6 Å². The van der Waals surface area contributed by atoms with Crippen molar-refractivity contribution >= 4 is 0 Å². The summed E-state index contributed by atoms with van der Waals surface area (Å²) in [6.45, 7) is 6.36. The summed E-state index contributed by atoms with van der Waals surface area (Å²) in [5.74, 6) is -0.310. The zero-order valence-corrected chi connectivity index (χ0v) is 12.8. The Balaban J connectivity index is 1.60. The predicted octanol–water partition coefficient (Wildman–Crippen LogP) is 3.15. The van der Waals surface area contributed by atoms with E-state index in [-0.39, 0.29) is 17.6 Å². The summed E-state index contributed by atoms with van der Waals surface area (Å²) in [5.41, 5.74) is 0.825. The van der Waals surface area contributed by atoms with E-state index in [1.807, 2.05) is 0 Å². The van der Waals surface area contributed by atoms with Crippen molar-refractivity contribution in [2.24, 2.45) is 0 Å². The van der Waals surface area contributed by atoms with Gasteiger partial charge in [-0.2, -0.15) is 0 Å². The van der Waals surface area contributed by atoms with E-state index in [0.29, 0.717) is 0 Å². The molecule has 2 aliphatic rings. The SMILES string of the molecule is CC(c1ccc(F)cc1O)N1CCN(C2CCCC2)CC1. The molecule has 3 rings (SSSR count). The van der Waals surface area contributed by atoms with Gasteiger partial charge in [-0.3, -0.25) is 9.80 Å². The topological polar surface area (TPSA) is 26.7 Å². The molecule has 2 fully saturated rings. The van der Waals surface area contributed by atoms with Gasteiger partial charge < -0.3 is 5.11 Å². The molecule has 1 N–H and O–H groups in total. The molecular weight excluding hydrogens is 267 g/mol. The van der Waals surface area contributed by atoms with Crippen LogP contribution in [0.1, 0.15) is 44.2 Å². The zero-order chi connectivity index (χ0) is 14.8. The van der Waals surface area contributed by atoms with Crippen LogP contribution in [-0.2, 0) is 0 Å². The van der Waals surface area contributed by atoms with Gasteiger partial charge in [0.05, 0.1) is 0 Å². The van der Waals surface area contributed by atoms with E-state index in [9.17, 15) is 9.50 Å². The summed E-state index contributed by atoms with van der Waals surface area (Å²) in [4.78, 5) is 5.01. The van der Waals surface area contributed by atoms with Gasteiger partial charge in [0.2, 0.25) is 0 Å². The van der Waals surface area contributed by atoms with Crippen LogP contribution in [-0.4, -0.2) is 47.1 Å². The molecule has 0 bridgehead atoms. The lowest BCUT2D eigenvalue weighted by molar-refractivity contribution is 0.0743. The van der Waals surface area contributed by atoms with Crippen LogP contribution in [0.4, 0.5) is 4.39 Å². The van der Waals surface area contributed by atoms with Crippen molar-refractivity contribution in [1.82, 2.24) is 9.80 Å². The van der Waals surface area contributed by atoms with Gasteiger partial charge in [0, 0.05) is 49.9 Å². The van der Waals surface area contributed by atoms with Crippen LogP contribution in [0.5, 0.6) is 5.75 Å². The number of hydrogen-bond acceptors (Lipinski definition) is 3. The van der Waals surface area contributed by atoms with Crippen molar-refractivity contribution in [2.75, 3.05) is 26.2 Å². The van der Waals surface area contributed by atoms with E-state index in [2.05, 4.69) is 16.7 Å². The van der Waals surface area contributed by atoms with Crippen LogP contribution < -0.4 is 0 Å². The zero-order valence-electron chi connectivity index (χ0n) is 12.8. The number of hydrogen-bond donors (Lipinski definition) is 1. The third kappa shape index (κ3) is 3.22. The Morgan fingerprint density at radius 1 is 1.14 bits per heavy atom. The summed E-state index contributed by atoms with van der Waals surface area (Å²) >= 11 is 0. The summed E-state index contributed by atoms with van der Waals surface area (Å²) in [7, 11) is 0. The van der Waals surface area contributed by atoms with E-state index in [4.69, 9.17) is 0 Å². The maximum atomic E-state index is 13.1. The summed E-state index contributed by atoms with van der Waals surface area (Å²) in [6.07, 6.45) is 5.47.